The summed E-state index contributed by atoms with van der Waals surface area (Å²) in [6, 6.07) is 11.6. The van der Waals surface area contributed by atoms with Gasteiger partial charge in [0.05, 0.1) is 5.39 Å². The number of halogens is 1. The first-order valence-electron chi connectivity index (χ1n) is 7.81. The van der Waals surface area contributed by atoms with E-state index in [4.69, 9.17) is 16.0 Å². The van der Waals surface area contributed by atoms with Crippen LogP contribution in [0.1, 0.15) is 5.56 Å². The minimum atomic E-state index is -0.0523. The molecular weight excluding hydrogens is 354 g/mol. The molecule has 0 amide bonds. The molecule has 0 spiro atoms. The second-order valence-electron chi connectivity index (χ2n) is 5.83. The van der Waals surface area contributed by atoms with Crippen LogP contribution in [0.3, 0.4) is 0 Å². The molecule has 7 heteroatoms. The Bertz CT molecular complexity index is 1090. The summed E-state index contributed by atoms with van der Waals surface area (Å²) in [5.41, 5.74) is 2.69. The van der Waals surface area contributed by atoms with E-state index in [1.807, 2.05) is 19.1 Å². The van der Waals surface area contributed by atoms with Crippen molar-refractivity contribution in [3.63, 3.8) is 0 Å². The zero-order valence-corrected chi connectivity index (χ0v) is 14.4. The summed E-state index contributed by atoms with van der Waals surface area (Å²) in [4.78, 5) is 8.48. The molecular formula is C19H14ClN3O3. The summed E-state index contributed by atoms with van der Waals surface area (Å²) in [6.45, 7) is 1.92. The van der Waals surface area contributed by atoms with Crippen molar-refractivity contribution >= 4 is 34.2 Å². The quantitative estimate of drug-likeness (QED) is 0.471. The fraction of sp³-hybridized carbons (Fsp3) is 0.0526. The van der Waals surface area contributed by atoms with Gasteiger partial charge in [-0.2, -0.15) is 0 Å². The summed E-state index contributed by atoms with van der Waals surface area (Å²) >= 11 is 5.95. The number of phenolic OH excluding ortho intramolecular Hbond substituents is 2. The third kappa shape index (κ3) is 2.91. The maximum Gasteiger partial charge on any atom is 0.232 e. The Kier molecular flexibility index (Phi) is 3.89. The molecule has 0 saturated heterocycles. The van der Waals surface area contributed by atoms with Gasteiger partial charge in [0.25, 0.3) is 0 Å². The number of benzene rings is 2. The predicted molar refractivity (Wildman–Crippen MR) is 100 cm³/mol. The van der Waals surface area contributed by atoms with Gasteiger partial charge in [-0.15, -0.1) is 0 Å². The van der Waals surface area contributed by atoms with E-state index in [1.165, 1.54) is 24.5 Å². The third-order valence-corrected chi connectivity index (χ3v) is 4.25. The lowest BCUT2D eigenvalue weighted by atomic mass is 10.1. The van der Waals surface area contributed by atoms with Crippen LogP contribution in [0.4, 0.5) is 11.5 Å². The third-order valence-electron chi connectivity index (χ3n) is 4.00. The van der Waals surface area contributed by atoms with Crippen molar-refractivity contribution in [1.82, 2.24) is 9.97 Å². The largest absolute Gasteiger partial charge is 0.508 e. The maximum absolute atomic E-state index is 9.65. The summed E-state index contributed by atoms with van der Waals surface area (Å²) in [5, 5.41) is 23.8. The molecule has 0 saturated carbocycles. The smallest absolute Gasteiger partial charge is 0.232 e. The van der Waals surface area contributed by atoms with Gasteiger partial charge in [0, 0.05) is 40.0 Å². The van der Waals surface area contributed by atoms with Crippen molar-refractivity contribution < 1.29 is 14.6 Å². The molecule has 2 aromatic carbocycles. The lowest BCUT2D eigenvalue weighted by Crippen LogP contribution is -1.95. The lowest BCUT2D eigenvalue weighted by Gasteiger charge is -2.07. The van der Waals surface area contributed by atoms with Crippen LogP contribution in [0.25, 0.3) is 22.4 Å². The van der Waals surface area contributed by atoms with E-state index < -0.39 is 0 Å². The molecule has 2 aromatic heterocycles. The number of rotatable bonds is 3. The number of aromatic nitrogens is 2. The van der Waals surface area contributed by atoms with Crippen molar-refractivity contribution in [3.8, 4) is 22.8 Å². The first kappa shape index (κ1) is 16.2. The van der Waals surface area contributed by atoms with Gasteiger partial charge in [0.2, 0.25) is 5.71 Å². The SMILES string of the molecule is Cc1c(-c2ccc(Cl)cc2)oc2ncnc(Nc3cc(O)cc(O)c3)c12. The van der Waals surface area contributed by atoms with E-state index in [9.17, 15) is 10.2 Å². The van der Waals surface area contributed by atoms with E-state index in [-0.39, 0.29) is 11.5 Å². The van der Waals surface area contributed by atoms with E-state index >= 15 is 0 Å². The molecule has 0 aliphatic rings. The summed E-state index contributed by atoms with van der Waals surface area (Å²) < 4.78 is 5.92. The van der Waals surface area contributed by atoms with Crippen LogP contribution in [0.15, 0.2) is 53.2 Å². The molecule has 130 valence electrons. The van der Waals surface area contributed by atoms with Crippen molar-refractivity contribution in [2.45, 2.75) is 6.92 Å². The highest BCUT2D eigenvalue weighted by molar-refractivity contribution is 6.30. The van der Waals surface area contributed by atoms with Crippen LogP contribution in [-0.4, -0.2) is 20.2 Å². The molecule has 0 aliphatic heterocycles. The van der Waals surface area contributed by atoms with E-state index in [2.05, 4.69) is 15.3 Å². The molecule has 6 nitrogen and oxygen atoms in total. The Labute approximate surface area is 153 Å². The highest BCUT2D eigenvalue weighted by atomic mass is 35.5. The minimum absolute atomic E-state index is 0.0523. The fourth-order valence-electron chi connectivity index (χ4n) is 2.85. The number of nitrogens with zero attached hydrogens (tertiary/aromatic N) is 2. The van der Waals surface area contributed by atoms with Crippen LogP contribution >= 0.6 is 11.6 Å². The Morgan fingerprint density at radius 1 is 1.00 bits per heavy atom. The van der Waals surface area contributed by atoms with Gasteiger partial charge < -0.3 is 19.9 Å². The zero-order chi connectivity index (χ0) is 18.3. The number of anilines is 2. The molecule has 0 aliphatic carbocycles. The molecule has 2 heterocycles. The van der Waals surface area contributed by atoms with E-state index in [1.54, 1.807) is 12.1 Å². The standard InChI is InChI=1S/C19H14ClN3O3/c1-10-16-18(23-13-6-14(24)8-15(25)7-13)21-9-22-19(16)26-17(10)11-2-4-12(20)5-3-11/h2-9,24-25H,1H3,(H,21,22,23). The van der Waals surface area contributed by atoms with Crippen molar-refractivity contribution in [3.05, 3.63) is 59.4 Å². The summed E-state index contributed by atoms with van der Waals surface area (Å²) in [5.74, 6) is 1.09. The van der Waals surface area contributed by atoms with Crippen molar-refractivity contribution in [2.75, 3.05) is 5.32 Å². The van der Waals surface area contributed by atoms with Gasteiger partial charge >= 0.3 is 0 Å². The number of aromatic hydroxyl groups is 2. The molecule has 0 atom stereocenters. The molecule has 0 bridgehead atoms. The number of phenols is 2. The van der Waals surface area contributed by atoms with Crippen molar-refractivity contribution in [2.24, 2.45) is 0 Å². The van der Waals surface area contributed by atoms with Crippen LogP contribution in [-0.2, 0) is 0 Å². The first-order valence-corrected chi connectivity index (χ1v) is 8.19. The van der Waals surface area contributed by atoms with Crippen molar-refractivity contribution in [1.29, 1.82) is 0 Å². The van der Waals surface area contributed by atoms with E-state index in [0.29, 0.717) is 28.0 Å². The van der Waals surface area contributed by atoms with Gasteiger partial charge in [-0.3, -0.25) is 0 Å². The van der Waals surface area contributed by atoms with Crippen LogP contribution in [0.2, 0.25) is 5.02 Å². The highest BCUT2D eigenvalue weighted by Crippen LogP contribution is 2.37. The molecule has 0 unspecified atom stereocenters. The average molecular weight is 368 g/mol. The molecule has 4 rings (SSSR count). The topological polar surface area (TPSA) is 91.4 Å². The van der Waals surface area contributed by atoms with Gasteiger partial charge in [-0.1, -0.05) is 11.6 Å². The fourth-order valence-corrected chi connectivity index (χ4v) is 2.97. The Balaban J connectivity index is 1.82. The average Bonchev–Trinajstić information content (AvgIpc) is 2.93. The van der Waals surface area contributed by atoms with Crippen LogP contribution < -0.4 is 5.32 Å². The predicted octanol–water partition coefficient (Wildman–Crippen LogP) is 5.01. The number of fused-ring (bicyclic) bond motifs is 1. The molecule has 0 fully saturated rings. The number of aryl methyl sites for hydroxylation is 1. The Hall–Kier alpha value is -3.25. The summed E-state index contributed by atoms with van der Waals surface area (Å²) in [7, 11) is 0. The summed E-state index contributed by atoms with van der Waals surface area (Å²) in [6.07, 6.45) is 1.39. The minimum Gasteiger partial charge on any atom is -0.508 e. The number of nitrogens with one attached hydrogen (secondary N) is 1. The normalized spacial score (nSPS) is 11.0. The monoisotopic (exact) mass is 367 g/mol. The molecule has 3 N–H and O–H groups in total. The van der Waals surface area contributed by atoms with Gasteiger partial charge in [-0.05, 0) is 31.2 Å². The first-order chi connectivity index (χ1) is 12.5. The second kappa shape index (κ2) is 6.24. The Morgan fingerprint density at radius 3 is 2.38 bits per heavy atom. The zero-order valence-electron chi connectivity index (χ0n) is 13.7. The van der Waals surface area contributed by atoms with Gasteiger partial charge in [-0.25, -0.2) is 9.97 Å². The number of furan rings is 1. The van der Waals surface area contributed by atoms with Crippen LogP contribution in [0, 0.1) is 6.92 Å². The number of hydrogen-bond acceptors (Lipinski definition) is 6. The maximum atomic E-state index is 9.65. The lowest BCUT2D eigenvalue weighted by molar-refractivity contribution is 0.451. The highest BCUT2D eigenvalue weighted by Gasteiger charge is 2.18. The molecule has 4 aromatic rings. The van der Waals surface area contributed by atoms with Crippen LogP contribution in [0.5, 0.6) is 11.5 Å². The van der Waals surface area contributed by atoms with Gasteiger partial charge in [0.15, 0.2) is 0 Å². The van der Waals surface area contributed by atoms with Gasteiger partial charge in [0.1, 0.15) is 29.4 Å². The Morgan fingerprint density at radius 2 is 1.69 bits per heavy atom. The molecule has 0 radical (unpaired) electrons. The molecule has 26 heavy (non-hydrogen) atoms. The van der Waals surface area contributed by atoms with E-state index in [0.717, 1.165) is 16.5 Å². The number of hydrogen-bond donors (Lipinski definition) is 3. The second-order valence-corrected chi connectivity index (χ2v) is 6.27.